The van der Waals surface area contributed by atoms with Crippen LogP contribution >= 0.6 is 0 Å². The van der Waals surface area contributed by atoms with Crippen LogP contribution < -0.4 is 0 Å². The van der Waals surface area contributed by atoms with Crippen LogP contribution in [0.3, 0.4) is 0 Å². The third kappa shape index (κ3) is 5.55. The molecule has 83 valence electrons. The van der Waals surface area contributed by atoms with Crippen molar-refractivity contribution in [1.82, 2.24) is 0 Å². The Morgan fingerprint density at radius 2 is 2.00 bits per heavy atom. The molecule has 0 aromatic heterocycles. The molecule has 15 heavy (non-hydrogen) atoms. The first-order valence-electron chi connectivity index (χ1n) is 5.52. The zero-order valence-electron chi connectivity index (χ0n) is 9.32. The topological polar surface area (TPSA) is 29.1 Å². The molecular weight excluding hydrogens is 188 g/mol. The van der Waals surface area contributed by atoms with E-state index in [0.717, 1.165) is 13.0 Å². The van der Waals surface area contributed by atoms with Gasteiger partial charge in [-0.15, -0.1) is 0 Å². The summed E-state index contributed by atoms with van der Waals surface area (Å²) >= 11 is 0. The zero-order chi connectivity index (χ0) is 10.9. The largest absolute Gasteiger partial charge is 0.381 e. The van der Waals surface area contributed by atoms with E-state index in [1.807, 2.05) is 6.07 Å². The summed E-state index contributed by atoms with van der Waals surface area (Å²) in [6.07, 6.45) is 1.66. The predicted octanol–water partition coefficient (Wildman–Crippen LogP) is 2.70. The van der Waals surface area contributed by atoms with Gasteiger partial charge in [0.15, 0.2) is 0 Å². The summed E-state index contributed by atoms with van der Waals surface area (Å²) in [5, 5.41) is 10.2. The second-order valence-electron chi connectivity index (χ2n) is 3.93. The predicted molar refractivity (Wildman–Crippen MR) is 60.3 cm³/mol. The van der Waals surface area contributed by atoms with E-state index in [4.69, 9.17) is 4.74 Å². The van der Waals surface area contributed by atoms with Crippen molar-refractivity contribution < 1.29 is 9.84 Å². The molecule has 0 aliphatic heterocycles. The van der Waals surface area contributed by atoms with Crippen molar-refractivity contribution in [1.29, 1.82) is 0 Å². The minimum atomic E-state index is -0.0347. The maximum absolute atomic E-state index is 10.2. The Morgan fingerprint density at radius 1 is 1.27 bits per heavy atom. The SMILES string of the molecule is CC(COCCC[O])Cc1ccccc1. The lowest BCUT2D eigenvalue weighted by Crippen LogP contribution is -2.10. The number of ether oxygens (including phenoxy) is 1. The van der Waals surface area contributed by atoms with Crippen LogP contribution in [0.1, 0.15) is 18.9 Å². The highest BCUT2D eigenvalue weighted by Crippen LogP contribution is 2.08. The van der Waals surface area contributed by atoms with E-state index >= 15 is 0 Å². The van der Waals surface area contributed by atoms with Crippen molar-refractivity contribution in [3.63, 3.8) is 0 Å². The number of hydrogen-bond donors (Lipinski definition) is 0. The van der Waals surface area contributed by atoms with Crippen LogP contribution in [0.5, 0.6) is 0 Å². The summed E-state index contributed by atoms with van der Waals surface area (Å²) in [6.45, 7) is 3.48. The Kier molecular flexibility index (Phi) is 6.05. The Bertz CT molecular complexity index is 246. The van der Waals surface area contributed by atoms with Gasteiger partial charge in [0.05, 0.1) is 6.61 Å². The molecule has 0 N–H and O–H groups in total. The first-order valence-corrected chi connectivity index (χ1v) is 5.52. The third-order valence-corrected chi connectivity index (χ3v) is 2.26. The molecule has 0 saturated carbocycles. The van der Waals surface area contributed by atoms with Gasteiger partial charge in [0.1, 0.15) is 0 Å². The second-order valence-corrected chi connectivity index (χ2v) is 3.93. The van der Waals surface area contributed by atoms with Crippen LogP contribution in [0, 0.1) is 5.92 Å². The van der Waals surface area contributed by atoms with Crippen LogP contribution in [-0.4, -0.2) is 19.8 Å². The fourth-order valence-electron chi connectivity index (χ4n) is 1.52. The minimum Gasteiger partial charge on any atom is -0.381 e. The number of hydrogen-bond acceptors (Lipinski definition) is 1. The molecular formula is C13H19O2. The Hall–Kier alpha value is -0.860. The molecule has 1 aromatic carbocycles. The van der Waals surface area contributed by atoms with Crippen molar-refractivity contribution in [2.45, 2.75) is 19.8 Å². The van der Waals surface area contributed by atoms with Crippen LogP contribution in [0.4, 0.5) is 0 Å². The second kappa shape index (κ2) is 7.43. The van der Waals surface area contributed by atoms with E-state index in [2.05, 4.69) is 31.2 Å². The summed E-state index contributed by atoms with van der Waals surface area (Å²) in [6, 6.07) is 10.4. The van der Waals surface area contributed by atoms with E-state index in [-0.39, 0.29) is 6.61 Å². The average Bonchev–Trinajstić information content (AvgIpc) is 2.26. The highest BCUT2D eigenvalue weighted by Gasteiger charge is 2.03. The van der Waals surface area contributed by atoms with Crippen molar-refractivity contribution in [3.8, 4) is 0 Å². The van der Waals surface area contributed by atoms with Gasteiger partial charge in [0.25, 0.3) is 0 Å². The van der Waals surface area contributed by atoms with Crippen molar-refractivity contribution in [2.24, 2.45) is 5.92 Å². The van der Waals surface area contributed by atoms with Crippen molar-refractivity contribution in [2.75, 3.05) is 19.8 Å². The summed E-state index contributed by atoms with van der Waals surface area (Å²) in [5.74, 6) is 0.513. The minimum absolute atomic E-state index is 0.0347. The van der Waals surface area contributed by atoms with Crippen LogP contribution in [0.15, 0.2) is 30.3 Å². The highest BCUT2D eigenvalue weighted by molar-refractivity contribution is 5.14. The van der Waals surface area contributed by atoms with Gasteiger partial charge in [0, 0.05) is 13.2 Å². The average molecular weight is 207 g/mol. The first kappa shape index (κ1) is 12.2. The van der Waals surface area contributed by atoms with E-state index in [0.29, 0.717) is 18.9 Å². The fourth-order valence-corrected chi connectivity index (χ4v) is 1.52. The van der Waals surface area contributed by atoms with Gasteiger partial charge >= 0.3 is 0 Å². The third-order valence-electron chi connectivity index (χ3n) is 2.26. The first-order chi connectivity index (χ1) is 7.33. The lowest BCUT2D eigenvalue weighted by Gasteiger charge is -2.11. The molecule has 0 fully saturated rings. The van der Waals surface area contributed by atoms with Crippen molar-refractivity contribution in [3.05, 3.63) is 35.9 Å². The molecule has 0 spiro atoms. The zero-order valence-corrected chi connectivity index (χ0v) is 9.32. The molecule has 0 aliphatic rings. The fraction of sp³-hybridized carbons (Fsp3) is 0.538. The van der Waals surface area contributed by atoms with E-state index in [1.54, 1.807) is 0 Å². The molecule has 0 heterocycles. The van der Waals surface area contributed by atoms with Gasteiger partial charge in [-0.2, -0.15) is 0 Å². The van der Waals surface area contributed by atoms with Crippen LogP contribution in [-0.2, 0) is 16.3 Å². The van der Waals surface area contributed by atoms with Crippen LogP contribution in [0.2, 0.25) is 0 Å². The lowest BCUT2D eigenvalue weighted by molar-refractivity contribution is 0.0795. The standard InChI is InChI=1S/C13H19O2/c1-12(11-15-9-5-8-14)10-13-6-3-2-4-7-13/h2-4,6-7,12H,5,8-11H2,1H3. The summed E-state index contributed by atoms with van der Waals surface area (Å²) in [5.41, 5.74) is 1.34. The van der Waals surface area contributed by atoms with E-state index in [1.165, 1.54) is 5.56 Å². The Labute approximate surface area is 91.9 Å². The Morgan fingerprint density at radius 3 is 2.67 bits per heavy atom. The van der Waals surface area contributed by atoms with Gasteiger partial charge in [-0.25, -0.2) is 5.11 Å². The molecule has 0 aliphatic carbocycles. The van der Waals surface area contributed by atoms with Crippen molar-refractivity contribution >= 4 is 0 Å². The number of rotatable bonds is 7. The number of benzene rings is 1. The maximum Gasteiger partial charge on any atom is 0.0844 e. The molecule has 0 amide bonds. The van der Waals surface area contributed by atoms with E-state index < -0.39 is 0 Å². The quantitative estimate of drug-likeness (QED) is 0.632. The lowest BCUT2D eigenvalue weighted by atomic mass is 10.0. The molecule has 1 aromatic rings. The van der Waals surface area contributed by atoms with Gasteiger partial charge in [0.2, 0.25) is 0 Å². The summed E-state index contributed by atoms with van der Waals surface area (Å²) in [7, 11) is 0. The smallest absolute Gasteiger partial charge is 0.0844 e. The molecule has 0 saturated heterocycles. The van der Waals surface area contributed by atoms with Gasteiger partial charge in [-0.05, 0) is 24.3 Å². The monoisotopic (exact) mass is 207 g/mol. The molecule has 2 nitrogen and oxygen atoms in total. The maximum atomic E-state index is 10.2. The normalized spacial score (nSPS) is 12.7. The van der Waals surface area contributed by atoms with Gasteiger partial charge in [-0.1, -0.05) is 37.3 Å². The van der Waals surface area contributed by atoms with Gasteiger partial charge < -0.3 is 4.74 Å². The highest BCUT2D eigenvalue weighted by atomic mass is 16.5. The molecule has 1 radical (unpaired) electrons. The summed E-state index contributed by atoms with van der Waals surface area (Å²) in [4.78, 5) is 0. The molecule has 1 unspecified atom stereocenters. The van der Waals surface area contributed by atoms with Crippen LogP contribution in [0.25, 0.3) is 0 Å². The molecule has 2 heteroatoms. The summed E-state index contributed by atoms with van der Waals surface area (Å²) < 4.78 is 5.41. The van der Waals surface area contributed by atoms with E-state index in [9.17, 15) is 5.11 Å². The Balaban J connectivity index is 2.16. The molecule has 0 bridgehead atoms. The molecule has 1 rings (SSSR count). The molecule has 1 atom stereocenters. The van der Waals surface area contributed by atoms with Gasteiger partial charge in [-0.3, -0.25) is 0 Å².